The van der Waals surface area contributed by atoms with Crippen molar-refractivity contribution >= 4 is 40.6 Å². The van der Waals surface area contributed by atoms with E-state index >= 15 is 0 Å². The summed E-state index contributed by atoms with van der Waals surface area (Å²) in [5, 5.41) is 8.53. The number of aliphatic imine (C=N–C) groups is 2. The minimum atomic E-state index is -0.668. The summed E-state index contributed by atoms with van der Waals surface area (Å²) in [5.41, 5.74) is 4.18. The van der Waals surface area contributed by atoms with Crippen molar-refractivity contribution in [2.24, 2.45) is 21.8 Å². The zero-order valence-electron chi connectivity index (χ0n) is 25.9. The van der Waals surface area contributed by atoms with Crippen LogP contribution in [-0.4, -0.2) is 65.3 Å². The number of anilines is 1. The van der Waals surface area contributed by atoms with Gasteiger partial charge in [-0.05, 0) is 59.7 Å². The number of alkyl carbamates (subject to hydrolysis) is 1. The van der Waals surface area contributed by atoms with Crippen molar-refractivity contribution in [1.29, 1.82) is 0 Å². The largest absolute Gasteiger partial charge is 0.453 e. The number of rotatable bonds is 8. The van der Waals surface area contributed by atoms with E-state index in [4.69, 9.17) is 9.72 Å². The van der Waals surface area contributed by atoms with E-state index in [-0.39, 0.29) is 23.8 Å². The summed E-state index contributed by atoms with van der Waals surface area (Å²) in [7, 11) is 1.30. The number of imidazole rings is 1. The lowest BCUT2D eigenvalue weighted by Crippen LogP contribution is -2.51. The standard InChI is InChI=1S/C35H39N7O3/c1-22(2)31(41-35(44)45-3)34(43)42-16-8-13-30(42)33-37-20-29(40-33)25-14-15-28-23(17-25)9-7-10-24(28)18-26-19-36-21-38-32(26)39-27-11-5-4-6-12-27/h4-7,9-12,14-15,17,20-22,26,30-31H,8,13,16,18-19H2,1-3H3,(H,37,40)(H,41,44)(H,36,38,39)/t26?,30-,31?/m0/s1. The monoisotopic (exact) mass is 605 g/mol. The van der Waals surface area contributed by atoms with Crippen molar-refractivity contribution in [2.75, 3.05) is 25.5 Å². The number of hydrogen-bond donors (Lipinski definition) is 3. The zero-order valence-corrected chi connectivity index (χ0v) is 25.9. The second-order valence-corrected chi connectivity index (χ2v) is 12.0. The molecule has 0 bridgehead atoms. The molecule has 10 nitrogen and oxygen atoms in total. The minimum Gasteiger partial charge on any atom is -0.453 e. The first kappa shape index (κ1) is 30.1. The van der Waals surface area contributed by atoms with Gasteiger partial charge in [0, 0.05) is 23.7 Å². The molecule has 3 heterocycles. The van der Waals surface area contributed by atoms with E-state index in [1.54, 1.807) is 6.34 Å². The fourth-order valence-corrected chi connectivity index (χ4v) is 6.24. The van der Waals surface area contributed by atoms with Crippen LogP contribution < -0.4 is 10.6 Å². The van der Waals surface area contributed by atoms with Gasteiger partial charge in [-0.25, -0.2) is 14.8 Å². The molecule has 0 radical (unpaired) electrons. The number of carbonyl (C=O) groups excluding carboxylic acids is 2. The van der Waals surface area contributed by atoms with Gasteiger partial charge in [0.15, 0.2) is 0 Å². The predicted molar refractivity (Wildman–Crippen MR) is 177 cm³/mol. The fourth-order valence-electron chi connectivity index (χ4n) is 6.24. The summed E-state index contributed by atoms with van der Waals surface area (Å²) < 4.78 is 4.76. The molecule has 2 amide bonds. The summed E-state index contributed by atoms with van der Waals surface area (Å²) in [5.74, 6) is 1.61. The molecule has 4 aromatic rings. The highest BCUT2D eigenvalue weighted by Gasteiger charge is 2.37. The van der Waals surface area contributed by atoms with Crippen LogP contribution in [-0.2, 0) is 16.0 Å². The quantitative estimate of drug-likeness (QED) is 0.228. The molecule has 0 spiro atoms. The third kappa shape index (κ3) is 6.60. The van der Waals surface area contributed by atoms with Gasteiger partial charge in [-0.1, -0.05) is 62.4 Å². The lowest BCUT2D eigenvalue weighted by Gasteiger charge is -2.30. The Kier molecular flexibility index (Phi) is 8.91. The molecule has 3 aromatic carbocycles. The lowest BCUT2D eigenvalue weighted by molar-refractivity contribution is -0.135. The van der Waals surface area contributed by atoms with Gasteiger partial charge in [0.05, 0.1) is 31.6 Å². The first-order valence-corrected chi connectivity index (χ1v) is 15.5. The van der Waals surface area contributed by atoms with Crippen molar-refractivity contribution in [3.05, 3.63) is 84.3 Å². The molecule has 2 unspecified atom stereocenters. The zero-order chi connectivity index (χ0) is 31.3. The molecular weight excluding hydrogens is 566 g/mol. The molecule has 3 N–H and O–H groups in total. The van der Waals surface area contributed by atoms with Gasteiger partial charge in [0.25, 0.3) is 0 Å². The molecular formula is C35H39N7O3. The molecule has 10 heteroatoms. The number of amides is 2. The number of nitrogens with zero attached hydrogens (tertiary/aromatic N) is 4. The van der Waals surface area contributed by atoms with Gasteiger partial charge in [-0.3, -0.25) is 9.79 Å². The third-order valence-corrected chi connectivity index (χ3v) is 8.62. The predicted octanol–water partition coefficient (Wildman–Crippen LogP) is 5.99. The van der Waals surface area contributed by atoms with Crippen LogP contribution in [0.25, 0.3) is 22.0 Å². The first-order chi connectivity index (χ1) is 21.9. The van der Waals surface area contributed by atoms with E-state index in [9.17, 15) is 9.59 Å². The number of carbonyl (C=O) groups is 2. The number of likely N-dealkylation sites (tertiary alicyclic amines) is 1. The highest BCUT2D eigenvalue weighted by Crippen LogP contribution is 2.34. The molecule has 1 saturated heterocycles. The van der Waals surface area contributed by atoms with Crippen LogP contribution >= 0.6 is 0 Å². The first-order valence-electron chi connectivity index (χ1n) is 15.5. The molecule has 2 aliphatic heterocycles. The summed E-state index contributed by atoms with van der Waals surface area (Å²) in [6.07, 6.45) is 5.35. The Hall–Kier alpha value is -4.99. The van der Waals surface area contributed by atoms with Crippen molar-refractivity contribution in [3.8, 4) is 11.3 Å². The second-order valence-electron chi connectivity index (χ2n) is 12.0. The minimum absolute atomic E-state index is 0.0858. The summed E-state index contributed by atoms with van der Waals surface area (Å²) >= 11 is 0. The van der Waals surface area contributed by atoms with Crippen LogP contribution in [0.15, 0.2) is 82.9 Å². The molecule has 1 fully saturated rings. The van der Waals surface area contributed by atoms with Gasteiger partial charge in [0.2, 0.25) is 5.91 Å². The van der Waals surface area contributed by atoms with E-state index in [2.05, 4.69) is 62.0 Å². The molecule has 3 atom stereocenters. The highest BCUT2D eigenvalue weighted by atomic mass is 16.5. The number of hydrogen-bond acceptors (Lipinski definition) is 7. The van der Waals surface area contributed by atoms with E-state index in [1.807, 2.05) is 55.3 Å². The molecule has 45 heavy (non-hydrogen) atoms. The van der Waals surface area contributed by atoms with Crippen LogP contribution in [0.2, 0.25) is 0 Å². The Bertz CT molecular complexity index is 1730. The number of amidine groups is 1. The van der Waals surface area contributed by atoms with Crippen LogP contribution in [0, 0.1) is 11.8 Å². The van der Waals surface area contributed by atoms with Gasteiger partial charge in [0.1, 0.15) is 24.0 Å². The molecule has 232 valence electrons. The van der Waals surface area contributed by atoms with Crippen molar-refractivity contribution < 1.29 is 14.3 Å². The summed E-state index contributed by atoms with van der Waals surface area (Å²) in [6, 6.07) is 22.1. The number of nitrogens with one attached hydrogen (secondary N) is 3. The van der Waals surface area contributed by atoms with Gasteiger partial charge in [-0.2, -0.15) is 0 Å². The smallest absolute Gasteiger partial charge is 0.407 e. The topological polar surface area (TPSA) is 124 Å². The number of para-hydroxylation sites is 1. The normalized spacial score (nSPS) is 18.6. The molecule has 1 aromatic heterocycles. The lowest BCUT2D eigenvalue weighted by atomic mass is 9.92. The average Bonchev–Trinajstić information content (AvgIpc) is 3.75. The average molecular weight is 606 g/mol. The van der Waals surface area contributed by atoms with Gasteiger partial charge >= 0.3 is 6.09 Å². The summed E-state index contributed by atoms with van der Waals surface area (Å²) in [6.45, 7) is 5.12. The fraction of sp³-hybridized carbons (Fsp3) is 0.343. The van der Waals surface area contributed by atoms with E-state index in [0.29, 0.717) is 13.1 Å². The van der Waals surface area contributed by atoms with Crippen LogP contribution in [0.3, 0.4) is 0 Å². The number of ether oxygens (including phenoxy) is 1. The number of methoxy groups -OCH3 is 1. The maximum Gasteiger partial charge on any atom is 0.407 e. The van der Waals surface area contributed by atoms with E-state index in [1.165, 1.54) is 18.1 Å². The SMILES string of the molecule is COC(=O)NC(C(=O)N1CCC[C@H]1c1ncc(-c2ccc3c(CC4CN=CN=C4Nc4ccccc4)cccc3c2)[nH]1)C(C)C. The number of benzene rings is 3. The van der Waals surface area contributed by atoms with E-state index in [0.717, 1.165) is 53.3 Å². The third-order valence-electron chi connectivity index (χ3n) is 8.62. The van der Waals surface area contributed by atoms with Gasteiger partial charge in [-0.15, -0.1) is 0 Å². The van der Waals surface area contributed by atoms with Crippen LogP contribution in [0.5, 0.6) is 0 Å². The van der Waals surface area contributed by atoms with Crippen molar-refractivity contribution in [2.45, 2.75) is 45.2 Å². The Morgan fingerprint density at radius 2 is 1.93 bits per heavy atom. The number of aromatic nitrogens is 2. The van der Waals surface area contributed by atoms with Crippen molar-refractivity contribution in [3.63, 3.8) is 0 Å². The maximum absolute atomic E-state index is 13.5. The molecule has 0 aliphatic carbocycles. The Morgan fingerprint density at radius 3 is 2.73 bits per heavy atom. The molecule has 0 saturated carbocycles. The molecule has 6 rings (SSSR count). The van der Waals surface area contributed by atoms with Crippen molar-refractivity contribution in [1.82, 2.24) is 20.2 Å². The summed E-state index contributed by atoms with van der Waals surface area (Å²) in [4.78, 5) is 44.5. The second kappa shape index (κ2) is 13.3. The Morgan fingerprint density at radius 1 is 1.09 bits per heavy atom. The van der Waals surface area contributed by atoms with Crippen LogP contribution in [0.4, 0.5) is 10.5 Å². The Balaban J connectivity index is 1.19. The number of H-pyrrole nitrogens is 1. The van der Waals surface area contributed by atoms with Gasteiger partial charge < -0.3 is 25.3 Å². The van der Waals surface area contributed by atoms with Crippen LogP contribution in [0.1, 0.15) is 44.1 Å². The van der Waals surface area contributed by atoms with E-state index < -0.39 is 12.1 Å². The maximum atomic E-state index is 13.5. The number of aromatic amines is 1. The highest BCUT2D eigenvalue weighted by molar-refractivity contribution is 6.02. The number of fused-ring (bicyclic) bond motifs is 1. The Labute approximate surface area is 263 Å². The molecule has 2 aliphatic rings.